The molecule has 2 rings (SSSR count). The number of halogens is 2. The van der Waals surface area contributed by atoms with Gasteiger partial charge in [-0.1, -0.05) is 19.1 Å². The molecule has 0 spiro atoms. The van der Waals surface area contributed by atoms with Crippen molar-refractivity contribution in [2.24, 2.45) is 0 Å². The lowest BCUT2D eigenvalue weighted by atomic mass is 10.1. The van der Waals surface area contributed by atoms with E-state index in [2.05, 4.69) is 22.7 Å². The van der Waals surface area contributed by atoms with E-state index in [9.17, 15) is 4.79 Å². The van der Waals surface area contributed by atoms with Crippen LogP contribution in [0.3, 0.4) is 0 Å². The number of benzene rings is 1. The summed E-state index contributed by atoms with van der Waals surface area (Å²) in [4.78, 5) is 11.9. The van der Waals surface area contributed by atoms with Crippen LogP contribution in [0.2, 0.25) is 0 Å². The minimum absolute atomic E-state index is 0. The third kappa shape index (κ3) is 7.50. The number of carbonyl (C=O) groups excluding carboxylic acids is 1. The van der Waals surface area contributed by atoms with Gasteiger partial charge in [-0.3, -0.25) is 9.48 Å². The number of carbonyl (C=O) groups is 1. The first-order valence-electron chi connectivity index (χ1n) is 7.35. The molecular weight excluding hydrogens is 335 g/mol. The fourth-order valence-electron chi connectivity index (χ4n) is 2.01. The van der Waals surface area contributed by atoms with Crippen LogP contribution < -0.4 is 10.6 Å². The summed E-state index contributed by atoms with van der Waals surface area (Å²) in [6.45, 7) is 5.27. The third-order valence-electron chi connectivity index (χ3n) is 3.13. The zero-order valence-electron chi connectivity index (χ0n) is 13.2. The van der Waals surface area contributed by atoms with Crippen molar-refractivity contribution in [3.05, 3.63) is 53.9 Å². The summed E-state index contributed by atoms with van der Waals surface area (Å²) >= 11 is 0. The molecule has 7 heteroatoms. The lowest BCUT2D eigenvalue weighted by Gasteiger charge is -2.07. The molecule has 1 aromatic heterocycles. The second-order valence-corrected chi connectivity index (χ2v) is 4.91. The van der Waals surface area contributed by atoms with E-state index in [4.69, 9.17) is 0 Å². The summed E-state index contributed by atoms with van der Waals surface area (Å²) in [6, 6.07) is 9.54. The minimum Gasteiger partial charge on any atom is -0.351 e. The molecule has 0 atom stereocenters. The Morgan fingerprint density at radius 1 is 1.13 bits per heavy atom. The van der Waals surface area contributed by atoms with Crippen LogP contribution in [0.25, 0.3) is 0 Å². The van der Waals surface area contributed by atoms with Crippen LogP contribution >= 0.6 is 24.8 Å². The highest BCUT2D eigenvalue weighted by molar-refractivity contribution is 5.94. The summed E-state index contributed by atoms with van der Waals surface area (Å²) in [5.74, 6) is -0.0288. The molecule has 0 saturated carbocycles. The van der Waals surface area contributed by atoms with E-state index in [-0.39, 0.29) is 30.7 Å². The molecule has 0 fully saturated rings. The van der Waals surface area contributed by atoms with Gasteiger partial charge in [0.1, 0.15) is 0 Å². The van der Waals surface area contributed by atoms with Crippen LogP contribution in [0.4, 0.5) is 0 Å². The molecule has 5 nitrogen and oxygen atoms in total. The number of amides is 1. The molecule has 1 amide bonds. The Morgan fingerprint density at radius 3 is 2.48 bits per heavy atom. The molecule has 2 aromatic rings. The van der Waals surface area contributed by atoms with Gasteiger partial charge >= 0.3 is 0 Å². The lowest BCUT2D eigenvalue weighted by Crippen LogP contribution is -2.32. The van der Waals surface area contributed by atoms with Gasteiger partial charge < -0.3 is 10.6 Å². The Bertz CT molecular complexity index is 544. The number of hydrogen-bond donors (Lipinski definition) is 2. The quantitative estimate of drug-likeness (QED) is 0.712. The maximum atomic E-state index is 11.9. The van der Waals surface area contributed by atoms with E-state index in [1.807, 2.05) is 41.2 Å². The van der Waals surface area contributed by atoms with E-state index in [0.29, 0.717) is 12.1 Å². The SMILES string of the molecule is CCCNCCNC(=O)c1ccc(Cn2cccn2)cc1.Cl.Cl. The monoisotopic (exact) mass is 358 g/mol. The Kier molecular flexibility index (Phi) is 11.1. The Morgan fingerprint density at radius 2 is 1.87 bits per heavy atom. The fraction of sp³-hybridized carbons (Fsp3) is 0.375. The number of nitrogens with one attached hydrogen (secondary N) is 2. The van der Waals surface area contributed by atoms with Crippen molar-refractivity contribution in [2.75, 3.05) is 19.6 Å². The Balaban J connectivity index is 0.00000242. The van der Waals surface area contributed by atoms with E-state index in [1.54, 1.807) is 6.20 Å². The van der Waals surface area contributed by atoms with E-state index >= 15 is 0 Å². The average molecular weight is 359 g/mol. The fourth-order valence-corrected chi connectivity index (χ4v) is 2.01. The highest BCUT2D eigenvalue weighted by Crippen LogP contribution is 2.06. The summed E-state index contributed by atoms with van der Waals surface area (Å²) in [5.41, 5.74) is 1.81. The molecule has 0 aliphatic rings. The molecule has 1 aromatic carbocycles. The number of nitrogens with zero attached hydrogens (tertiary/aromatic N) is 2. The maximum absolute atomic E-state index is 11.9. The van der Waals surface area contributed by atoms with Gasteiger partial charge in [0.2, 0.25) is 0 Å². The van der Waals surface area contributed by atoms with Crippen molar-refractivity contribution in [1.29, 1.82) is 0 Å². The van der Waals surface area contributed by atoms with E-state index < -0.39 is 0 Å². The van der Waals surface area contributed by atoms with Gasteiger partial charge in [-0.2, -0.15) is 5.10 Å². The molecule has 0 bridgehead atoms. The Labute approximate surface area is 149 Å². The molecule has 23 heavy (non-hydrogen) atoms. The molecule has 1 heterocycles. The van der Waals surface area contributed by atoms with Gasteiger partial charge in [0.05, 0.1) is 6.54 Å². The van der Waals surface area contributed by atoms with Gasteiger partial charge in [0.15, 0.2) is 0 Å². The maximum Gasteiger partial charge on any atom is 0.251 e. The van der Waals surface area contributed by atoms with Crippen LogP contribution in [0, 0.1) is 0 Å². The predicted molar refractivity (Wildman–Crippen MR) is 97.8 cm³/mol. The zero-order valence-corrected chi connectivity index (χ0v) is 14.8. The molecule has 0 radical (unpaired) electrons. The van der Waals surface area contributed by atoms with Gasteiger partial charge in [0.25, 0.3) is 5.91 Å². The minimum atomic E-state index is -0.0288. The smallest absolute Gasteiger partial charge is 0.251 e. The number of hydrogen-bond acceptors (Lipinski definition) is 3. The molecule has 0 saturated heterocycles. The third-order valence-corrected chi connectivity index (χ3v) is 3.13. The van der Waals surface area contributed by atoms with Gasteiger partial charge in [-0.05, 0) is 36.7 Å². The van der Waals surface area contributed by atoms with Crippen LogP contribution in [0.5, 0.6) is 0 Å². The van der Waals surface area contributed by atoms with Crippen molar-refractivity contribution in [3.8, 4) is 0 Å². The highest BCUT2D eigenvalue weighted by Gasteiger charge is 2.04. The number of aromatic nitrogens is 2. The van der Waals surface area contributed by atoms with E-state index in [1.165, 1.54) is 0 Å². The Hall–Kier alpha value is -1.56. The standard InChI is InChI=1S/C16H22N4O.2ClH/c1-2-8-17-10-11-18-16(21)15-6-4-14(5-7-15)13-20-12-3-9-19-20;;/h3-7,9,12,17H,2,8,10-11,13H2,1H3,(H,18,21);2*1H. The predicted octanol–water partition coefficient (Wildman–Crippen LogP) is 2.50. The van der Waals surface area contributed by atoms with Crippen LogP contribution in [-0.4, -0.2) is 35.3 Å². The lowest BCUT2D eigenvalue weighted by molar-refractivity contribution is 0.0954. The molecule has 0 aliphatic heterocycles. The second kappa shape index (κ2) is 11.9. The summed E-state index contributed by atoms with van der Waals surface area (Å²) < 4.78 is 1.86. The highest BCUT2D eigenvalue weighted by atomic mass is 35.5. The van der Waals surface area contributed by atoms with Crippen molar-refractivity contribution in [3.63, 3.8) is 0 Å². The first kappa shape index (κ1) is 21.4. The number of rotatable bonds is 8. The molecular formula is C16H24Cl2N4O. The topological polar surface area (TPSA) is 58.9 Å². The van der Waals surface area contributed by atoms with Crippen LogP contribution in [0.15, 0.2) is 42.7 Å². The molecule has 0 aliphatic carbocycles. The van der Waals surface area contributed by atoms with Crippen molar-refractivity contribution in [1.82, 2.24) is 20.4 Å². The van der Waals surface area contributed by atoms with Crippen molar-refractivity contribution in [2.45, 2.75) is 19.9 Å². The van der Waals surface area contributed by atoms with Gasteiger partial charge in [0, 0.05) is 31.0 Å². The molecule has 2 N–H and O–H groups in total. The van der Waals surface area contributed by atoms with Gasteiger partial charge in [-0.15, -0.1) is 24.8 Å². The second-order valence-electron chi connectivity index (χ2n) is 4.91. The van der Waals surface area contributed by atoms with Gasteiger partial charge in [-0.25, -0.2) is 0 Å². The molecule has 0 unspecified atom stereocenters. The first-order chi connectivity index (χ1) is 10.3. The molecule has 128 valence electrons. The summed E-state index contributed by atoms with van der Waals surface area (Å²) in [6.07, 6.45) is 4.78. The largest absolute Gasteiger partial charge is 0.351 e. The van der Waals surface area contributed by atoms with Crippen molar-refractivity contribution < 1.29 is 4.79 Å². The normalized spacial score (nSPS) is 9.61. The zero-order chi connectivity index (χ0) is 14.9. The summed E-state index contributed by atoms with van der Waals surface area (Å²) in [5, 5.41) is 10.3. The van der Waals surface area contributed by atoms with Crippen molar-refractivity contribution >= 4 is 30.7 Å². The van der Waals surface area contributed by atoms with E-state index in [0.717, 1.165) is 31.6 Å². The van der Waals surface area contributed by atoms with Crippen LogP contribution in [0.1, 0.15) is 29.3 Å². The summed E-state index contributed by atoms with van der Waals surface area (Å²) in [7, 11) is 0. The first-order valence-corrected chi connectivity index (χ1v) is 7.35. The average Bonchev–Trinajstić information content (AvgIpc) is 3.00. The van der Waals surface area contributed by atoms with Crippen LogP contribution in [-0.2, 0) is 6.54 Å².